The number of hydrogen-bond donors (Lipinski definition) is 0. The topological polar surface area (TPSA) is 78.0 Å². The summed E-state index contributed by atoms with van der Waals surface area (Å²) >= 11 is 1.43. The molecule has 28 heavy (non-hydrogen) atoms. The summed E-state index contributed by atoms with van der Waals surface area (Å²) in [4.78, 5) is 53.3. The molecule has 0 aromatic heterocycles. The van der Waals surface area contributed by atoms with Gasteiger partial charge in [-0.2, -0.15) is 0 Å². The molecular weight excluding hydrogens is 385 g/mol. The molecule has 1 unspecified atom stereocenters. The maximum absolute atomic E-state index is 14.2. The zero-order chi connectivity index (χ0) is 19.8. The van der Waals surface area contributed by atoms with Crippen LogP contribution < -0.4 is 0 Å². The Balaban J connectivity index is 1.50. The Morgan fingerprint density at radius 2 is 1.82 bits per heavy atom. The van der Waals surface area contributed by atoms with E-state index in [-0.39, 0.29) is 6.04 Å². The molecule has 1 aromatic rings. The van der Waals surface area contributed by atoms with Crippen molar-refractivity contribution in [3.63, 3.8) is 0 Å². The predicted octanol–water partition coefficient (Wildman–Crippen LogP) is 2.13. The summed E-state index contributed by atoms with van der Waals surface area (Å²) < 4.78 is 14.2. The first-order valence-electron chi connectivity index (χ1n) is 9.33. The lowest BCUT2D eigenvalue weighted by Gasteiger charge is -2.26. The highest BCUT2D eigenvalue weighted by Crippen LogP contribution is 2.39. The fourth-order valence-corrected chi connectivity index (χ4v) is 5.33. The fourth-order valence-electron chi connectivity index (χ4n) is 4.03. The van der Waals surface area contributed by atoms with Crippen molar-refractivity contribution in [1.82, 2.24) is 14.7 Å². The number of hydrogen-bond acceptors (Lipinski definition) is 5. The summed E-state index contributed by atoms with van der Waals surface area (Å²) in [6.07, 6.45) is 3.18. The Hall–Kier alpha value is -2.42. The minimum Gasteiger partial charge on any atom is -0.324 e. The summed E-state index contributed by atoms with van der Waals surface area (Å²) in [7, 11) is 0. The van der Waals surface area contributed by atoms with Crippen molar-refractivity contribution in [2.75, 3.05) is 18.8 Å². The van der Waals surface area contributed by atoms with E-state index in [1.807, 2.05) is 0 Å². The number of urea groups is 1. The van der Waals surface area contributed by atoms with E-state index < -0.39 is 41.5 Å². The Kier molecular flexibility index (Phi) is 5.09. The number of imide groups is 2. The molecule has 2 heterocycles. The molecule has 9 heteroatoms. The van der Waals surface area contributed by atoms with Gasteiger partial charge in [-0.3, -0.25) is 19.3 Å². The quantitative estimate of drug-likeness (QED) is 0.567. The highest BCUT2D eigenvalue weighted by atomic mass is 32.2. The van der Waals surface area contributed by atoms with Gasteiger partial charge in [-0.15, -0.1) is 11.8 Å². The van der Waals surface area contributed by atoms with Crippen LogP contribution in [0, 0.1) is 5.82 Å². The lowest BCUT2D eigenvalue weighted by molar-refractivity contribution is -0.145. The molecule has 0 spiro atoms. The molecule has 1 aliphatic carbocycles. The third-order valence-corrected chi connectivity index (χ3v) is 6.69. The zero-order valence-corrected chi connectivity index (χ0v) is 16.0. The average molecular weight is 405 g/mol. The summed E-state index contributed by atoms with van der Waals surface area (Å²) in [6, 6.07) is 5.25. The summed E-state index contributed by atoms with van der Waals surface area (Å²) in [6.45, 7) is -0.114. The molecule has 3 aliphatic rings. The van der Waals surface area contributed by atoms with E-state index in [1.165, 1.54) is 22.7 Å². The maximum Gasteiger partial charge on any atom is 0.334 e. The van der Waals surface area contributed by atoms with Gasteiger partial charge in [0, 0.05) is 23.9 Å². The van der Waals surface area contributed by atoms with Gasteiger partial charge in [-0.1, -0.05) is 31.0 Å². The van der Waals surface area contributed by atoms with Crippen LogP contribution in [0.5, 0.6) is 0 Å². The van der Waals surface area contributed by atoms with E-state index in [4.69, 9.17) is 0 Å². The van der Waals surface area contributed by atoms with E-state index >= 15 is 0 Å². The molecule has 2 aliphatic heterocycles. The van der Waals surface area contributed by atoms with E-state index in [2.05, 4.69) is 0 Å². The first-order valence-corrected chi connectivity index (χ1v) is 10.4. The van der Waals surface area contributed by atoms with Crippen LogP contribution >= 0.6 is 11.8 Å². The molecule has 0 N–H and O–H groups in total. The zero-order valence-electron chi connectivity index (χ0n) is 15.2. The van der Waals surface area contributed by atoms with Crippen molar-refractivity contribution in [2.45, 2.75) is 37.1 Å². The molecule has 5 amide bonds. The van der Waals surface area contributed by atoms with Crippen LogP contribution in [0.1, 0.15) is 36.6 Å². The second kappa shape index (κ2) is 7.54. The predicted molar refractivity (Wildman–Crippen MR) is 99.5 cm³/mol. The van der Waals surface area contributed by atoms with Gasteiger partial charge in [0.05, 0.1) is 0 Å². The maximum atomic E-state index is 14.2. The van der Waals surface area contributed by atoms with Gasteiger partial charge in [0.1, 0.15) is 17.7 Å². The molecule has 7 nitrogen and oxygen atoms in total. The summed E-state index contributed by atoms with van der Waals surface area (Å²) in [5.74, 6) is -2.07. The van der Waals surface area contributed by atoms with Crippen LogP contribution in [-0.4, -0.2) is 63.3 Å². The van der Waals surface area contributed by atoms with E-state index in [0.29, 0.717) is 30.7 Å². The number of benzene rings is 1. The number of nitrogens with zero attached hydrogens (tertiary/aromatic N) is 3. The summed E-state index contributed by atoms with van der Waals surface area (Å²) in [5.41, 5.74) is 0.390. The number of carbonyl (C=O) groups is 4. The standard InChI is InChI=1S/C19H20FN3O4S/c20-14-8-4-3-7-13(14)18-21(9-10-28-18)15(24)11-22-16(25)17(26)23(19(22)27)12-5-1-2-6-12/h3-4,7-8,12,18H,1-2,5-6,9-11H2. The van der Waals surface area contributed by atoms with Gasteiger partial charge in [0.15, 0.2) is 0 Å². The molecule has 4 rings (SSSR count). The van der Waals surface area contributed by atoms with E-state index in [0.717, 1.165) is 22.6 Å². The van der Waals surface area contributed by atoms with Crippen molar-refractivity contribution < 1.29 is 23.6 Å². The van der Waals surface area contributed by atoms with Crippen molar-refractivity contribution >= 4 is 35.5 Å². The normalized spacial score (nSPS) is 23.4. The van der Waals surface area contributed by atoms with Gasteiger partial charge in [-0.25, -0.2) is 14.1 Å². The molecule has 1 aromatic carbocycles. The molecule has 0 bridgehead atoms. The first kappa shape index (κ1) is 18.9. The van der Waals surface area contributed by atoms with Crippen molar-refractivity contribution in [3.05, 3.63) is 35.6 Å². The van der Waals surface area contributed by atoms with Crippen molar-refractivity contribution in [1.29, 1.82) is 0 Å². The Morgan fingerprint density at radius 3 is 2.54 bits per heavy atom. The number of carbonyl (C=O) groups excluding carboxylic acids is 4. The van der Waals surface area contributed by atoms with Gasteiger partial charge in [0.2, 0.25) is 5.91 Å². The van der Waals surface area contributed by atoms with Crippen LogP contribution in [0.25, 0.3) is 0 Å². The molecule has 0 radical (unpaired) electrons. The van der Waals surface area contributed by atoms with Crippen LogP contribution in [-0.2, 0) is 14.4 Å². The lowest BCUT2D eigenvalue weighted by atomic mass is 10.2. The number of amides is 5. The number of thioether (sulfide) groups is 1. The molecular formula is C19H20FN3O4S. The van der Waals surface area contributed by atoms with Crippen LogP contribution in [0.2, 0.25) is 0 Å². The van der Waals surface area contributed by atoms with Crippen LogP contribution in [0.15, 0.2) is 24.3 Å². The molecule has 1 saturated carbocycles. The Morgan fingerprint density at radius 1 is 1.11 bits per heavy atom. The van der Waals surface area contributed by atoms with Gasteiger partial charge in [0.25, 0.3) is 0 Å². The van der Waals surface area contributed by atoms with Crippen LogP contribution in [0.3, 0.4) is 0 Å². The Labute approximate surface area is 165 Å². The highest BCUT2D eigenvalue weighted by molar-refractivity contribution is 7.99. The average Bonchev–Trinajstić information content (AvgIpc) is 3.40. The third kappa shape index (κ3) is 3.17. The second-order valence-corrected chi connectivity index (χ2v) is 8.31. The fraction of sp³-hybridized carbons (Fsp3) is 0.474. The minimum atomic E-state index is -0.959. The van der Waals surface area contributed by atoms with Gasteiger partial charge < -0.3 is 4.90 Å². The molecule has 2 saturated heterocycles. The SMILES string of the molecule is O=C1C(=O)N(C2CCCC2)C(=O)N1CC(=O)N1CCSC1c1ccccc1F. The number of halogens is 1. The van der Waals surface area contributed by atoms with Crippen molar-refractivity contribution in [2.24, 2.45) is 0 Å². The minimum absolute atomic E-state index is 0.266. The summed E-state index contributed by atoms with van der Waals surface area (Å²) in [5, 5.41) is -0.511. The van der Waals surface area contributed by atoms with Crippen LogP contribution in [0.4, 0.5) is 9.18 Å². The Bertz CT molecular complexity index is 842. The molecule has 148 valence electrons. The lowest BCUT2D eigenvalue weighted by Crippen LogP contribution is -2.44. The smallest absolute Gasteiger partial charge is 0.324 e. The van der Waals surface area contributed by atoms with E-state index in [1.54, 1.807) is 18.2 Å². The van der Waals surface area contributed by atoms with Crippen molar-refractivity contribution in [3.8, 4) is 0 Å². The van der Waals surface area contributed by atoms with Gasteiger partial charge in [-0.05, 0) is 18.9 Å². The van der Waals surface area contributed by atoms with Gasteiger partial charge >= 0.3 is 17.8 Å². The number of rotatable bonds is 4. The highest BCUT2D eigenvalue weighted by Gasteiger charge is 2.49. The third-order valence-electron chi connectivity index (χ3n) is 5.45. The molecule has 1 atom stereocenters. The molecule has 3 fully saturated rings. The first-order chi connectivity index (χ1) is 13.5. The van der Waals surface area contributed by atoms with E-state index in [9.17, 15) is 23.6 Å². The largest absolute Gasteiger partial charge is 0.334 e. The second-order valence-electron chi connectivity index (χ2n) is 7.12. The monoisotopic (exact) mass is 405 g/mol.